The van der Waals surface area contributed by atoms with Gasteiger partial charge in [0.2, 0.25) is 11.8 Å². The fourth-order valence-electron chi connectivity index (χ4n) is 2.94. The SMILES string of the molecule is CC(c1cccs1)N(C)C(=O)C1CCN(c2ccc(Cl)cc2)C1=O. The molecule has 2 unspecified atom stereocenters. The van der Waals surface area contributed by atoms with Gasteiger partial charge in [-0.3, -0.25) is 9.59 Å². The molecule has 1 aliphatic rings. The fraction of sp³-hybridized carbons (Fsp3) is 0.333. The molecule has 1 aromatic carbocycles. The van der Waals surface area contributed by atoms with Crippen LogP contribution >= 0.6 is 22.9 Å². The average Bonchev–Trinajstić information content (AvgIpc) is 3.24. The Morgan fingerprint density at radius 2 is 2.04 bits per heavy atom. The van der Waals surface area contributed by atoms with E-state index in [2.05, 4.69) is 0 Å². The summed E-state index contributed by atoms with van der Waals surface area (Å²) in [5.74, 6) is -0.849. The Kier molecular flexibility index (Phi) is 4.92. The number of thiophene rings is 1. The van der Waals surface area contributed by atoms with Crippen LogP contribution in [0.5, 0.6) is 0 Å². The van der Waals surface area contributed by atoms with Crippen LogP contribution in [-0.4, -0.2) is 30.3 Å². The minimum absolute atomic E-state index is 0.0325. The van der Waals surface area contributed by atoms with Crippen LogP contribution in [0.4, 0.5) is 5.69 Å². The zero-order valence-corrected chi connectivity index (χ0v) is 15.2. The van der Waals surface area contributed by atoms with Crippen LogP contribution in [0.1, 0.15) is 24.3 Å². The smallest absolute Gasteiger partial charge is 0.239 e. The molecule has 2 atom stereocenters. The molecule has 0 N–H and O–H groups in total. The van der Waals surface area contributed by atoms with E-state index in [1.807, 2.05) is 36.6 Å². The summed E-state index contributed by atoms with van der Waals surface area (Å²) in [5.41, 5.74) is 0.786. The van der Waals surface area contributed by atoms with Gasteiger partial charge in [-0.05, 0) is 49.1 Å². The first-order chi connectivity index (χ1) is 11.5. The van der Waals surface area contributed by atoms with Gasteiger partial charge in [-0.2, -0.15) is 0 Å². The number of hydrogen-bond donors (Lipinski definition) is 0. The first-order valence-electron chi connectivity index (χ1n) is 7.86. The number of benzene rings is 1. The van der Waals surface area contributed by atoms with Crippen LogP contribution in [0.2, 0.25) is 5.02 Å². The van der Waals surface area contributed by atoms with Gasteiger partial charge in [0.05, 0.1) is 6.04 Å². The Morgan fingerprint density at radius 3 is 2.67 bits per heavy atom. The first-order valence-corrected chi connectivity index (χ1v) is 9.12. The van der Waals surface area contributed by atoms with Gasteiger partial charge in [0, 0.05) is 29.2 Å². The van der Waals surface area contributed by atoms with Crippen LogP contribution in [-0.2, 0) is 9.59 Å². The molecule has 0 aliphatic carbocycles. The number of halogens is 1. The van der Waals surface area contributed by atoms with Gasteiger partial charge in [0.25, 0.3) is 0 Å². The van der Waals surface area contributed by atoms with Crippen molar-refractivity contribution in [1.82, 2.24) is 4.90 Å². The van der Waals surface area contributed by atoms with Gasteiger partial charge in [0.1, 0.15) is 5.92 Å². The minimum Gasteiger partial charge on any atom is -0.337 e. The molecular formula is C18H19ClN2O2S. The summed E-state index contributed by atoms with van der Waals surface area (Å²) in [4.78, 5) is 29.9. The molecule has 0 saturated carbocycles. The van der Waals surface area contributed by atoms with E-state index in [0.717, 1.165) is 10.6 Å². The maximum atomic E-state index is 12.8. The summed E-state index contributed by atoms with van der Waals surface area (Å²) in [6.45, 7) is 2.54. The molecule has 4 nitrogen and oxygen atoms in total. The van der Waals surface area contributed by atoms with Crippen molar-refractivity contribution in [1.29, 1.82) is 0 Å². The van der Waals surface area contributed by atoms with Gasteiger partial charge in [-0.1, -0.05) is 17.7 Å². The summed E-state index contributed by atoms with van der Waals surface area (Å²) in [6.07, 6.45) is 0.543. The van der Waals surface area contributed by atoms with E-state index in [-0.39, 0.29) is 17.9 Å². The van der Waals surface area contributed by atoms with E-state index >= 15 is 0 Å². The highest BCUT2D eigenvalue weighted by Crippen LogP contribution is 2.30. The second-order valence-electron chi connectivity index (χ2n) is 5.95. The summed E-state index contributed by atoms with van der Waals surface area (Å²) < 4.78 is 0. The summed E-state index contributed by atoms with van der Waals surface area (Å²) >= 11 is 7.51. The van der Waals surface area contributed by atoms with Crippen molar-refractivity contribution < 1.29 is 9.59 Å². The second kappa shape index (κ2) is 6.95. The number of carbonyl (C=O) groups is 2. The van der Waals surface area contributed by atoms with Gasteiger partial charge in [-0.25, -0.2) is 0 Å². The Morgan fingerprint density at radius 1 is 1.33 bits per heavy atom. The van der Waals surface area contributed by atoms with Crippen molar-refractivity contribution >= 4 is 40.4 Å². The molecule has 1 aromatic heterocycles. The Labute approximate surface area is 150 Å². The molecule has 1 aliphatic heterocycles. The molecule has 2 aromatic rings. The van der Waals surface area contributed by atoms with Crippen LogP contribution in [0, 0.1) is 5.92 Å². The molecular weight excluding hydrogens is 344 g/mol. The lowest BCUT2D eigenvalue weighted by Gasteiger charge is -2.26. The van der Waals surface area contributed by atoms with E-state index in [9.17, 15) is 9.59 Å². The van der Waals surface area contributed by atoms with Crippen LogP contribution in [0.15, 0.2) is 41.8 Å². The molecule has 0 bridgehead atoms. The molecule has 3 rings (SSSR count). The third-order valence-corrected chi connectivity index (χ3v) is 5.82. The van der Waals surface area contributed by atoms with Crippen LogP contribution < -0.4 is 4.90 Å². The van der Waals surface area contributed by atoms with E-state index in [1.54, 1.807) is 40.3 Å². The standard InChI is InChI=1S/C18H19ClN2O2S/c1-12(16-4-3-11-24-16)20(2)17(22)15-9-10-21(18(15)23)14-7-5-13(19)6-8-14/h3-8,11-12,15H,9-10H2,1-2H3. The van der Waals surface area contributed by atoms with Crippen molar-refractivity contribution in [3.63, 3.8) is 0 Å². The van der Waals surface area contributed by atoms with E-state index in [1.165, 1.54) is 0 Å². The molecule has 0 radical (unpaired) electrons. The monoisotopic (exact) mass is 362 g/mol. The number of anilines is 1. The molecule has 24 heavy (non-hydrogen) atoms. The highest BCUT2D eigenvalue weighted by Gasteiger charge is 2.39. The van der Waals surface area contributed by atoms with Crippen LogP contribution in [0.25, 0.3) is 0 Å². The Hall–Kier alpha value is -1.85. The van der Waals surface area contributed by atoms with Gasteiger partial charge >= 0.3 is 0 Å². The Bertz CT molecular complexity index is 730. The molecule has 2 amide bonds. The number of rotatable bonds is 4. The molecule has 2 heterocycles. The normalized spacial score (nSPS) is 18.7. The highest BCUT2D eigenvalue weighted by molar-refractivity contribution is 7.10. The van der Waals surface area contributed by atoms with Crippen molar-refractivity contribution in [2.45, 2.75) is 19.4 Å². The second-order valence-corrected chi connectivity index (χ2v) is 7.36. The maximum absolute atomic E-state index is 12.8. The lowest BCUT2D eigenvalue weighted by atomic mass is 10.1. The topological polar surface area (TPSA) is 40.6 Å². The largest absolute Gasteiger partial charge is 0.337 e. The van der Waals surface area contributed by atoms with Crippen molar-refractivity contribution in [2.24, 2.45) is 5.92 Å². The van der Waals surface area contributed by atoms with Crippen LogP contribution in [0.3, 0.4) is 0 Å². The molecule has 6 heteroatoms. The van der Waals surface area contributed by atoms with Gasteiger partial charge in [-0.15, -0.1) is 11.3 Å². The van der Waals surface area contributed by atoms with E-state index in [0.29, 0.717) is 18.0 Å². The fourth-order valence-corrected chi connectivity index (χ4v) is 3.90. The molecule has 126 valence electrons. The van der Waals surface area contributed by atoms with Gasteiger partial charge in [0.15, 0.2) is 0 Å². The quantitative estimate of drug-likeness (QED) is 0.772. The number of carbonyl (C=O) groups excluding carboxylic acids is 2. The summed E-state index contributed by atoms with van der Waals surface area (Å²) in [6, 6.07) is 11.1. The molecule has 1 saturated heterocycles. The minimum atomic E-state index is -0.604. The average molecular weight is 363 g/mol. The number of nitrogens with zero attached hydrogens (tertiary/aromatic N) is 2. The molecule has 1 fully saturated rings. The van der Waals surface area contributed by atoms with Crippen molar-refractivity contribution in [3.8, 4) is 0 Å². The highest BCUT2D eigenvalue weighted by atomic mass is 35.5. The van der Waals surface area contributed by atoms with E-state index in [4.69, 9.17) is 11.6 Å². The summed E-state index contributed by atoms with van der Waals surface area (Å²) in [5, 5.41) is 2.62. The predicted molar refractivity (Wildman–Crippen MR) is 97.4 cm³/mol. The lowest BCUT2D eigenvalue weighted by molar-refractivity contribution is -0.140. The third-order valence-electron chi connectivity index (χ3n) is 4.53. The number of hydrogen-bond acceptors (Lipinski definition) is 3. The van der Waals surface area contributed by atoms with E-state index < -0.39 is 5.92 Å². The zero-order chi connectivity index (χ0) is 17.3. The number of amides is 2. The third kappa shape index (κ3) is 3.19. The molecule has 0 spiro atoms. The zero-order valence-electron chi connectivity index (χ0n) is 13.6. The predicted octanol–water partition coefficient (Wildman–Crippen LogP) is 3.97. The lowest BCUT2D eigenvalue weighted by Crippen LogP contribution is -2.39. The van der Waals surface area contributed by atoms with Gasteiger partial charge < -0.3 is 9.80 Å². The summed E-state index contributed by atoms with van der Waals surface area (Å²) in [7, 11) is 1.77. The van der Waals surface area contributed by atoms with Crippen molar-refractivity contribution in [2.75, 3.05) is 18.5 Å². The Balaban J connectivity index is 1.72. The van der Waals surface area contributed by atoms with Crippen molar-refractivity contribution in [3.05, 3.63) is 51.7 Å². The maximum Gasteiger partial charge on any atom is 0.239 e. The first kappa shape index (κ1) is 17.0.